The van der Waals surface area contributed by atoms with Gasteiger partial charge in [0.15, 0.2) is 11.4 Å². The number of Topliss-reactive ketones (excluding diaryl/α,β-unsaturated/α-hetero) is 1. The standard InChI is InChI=1S/C26H24N2O5/c1-26(2)25(31)28(16-22(29)17-9-12-20(32-3)13-10-17)21-15-18(11-14-23(21)33-26)24(30)27-19-7-5-4-6-8-19/h4-15H,16H2,1-3H3,(H,27,30). The smallest absolute Gasteiger partial charge is 0.271 e. The molecule has 3 aromatic rings. The summed E-state index contributed by atoms with van der Waals surface area (Å²) in [7, 11) is 1.55. The molecule has 168 valence electrons. The quantitative estimate of drug-likeness (QED) is 0.572. The molecule has 1 aliphatic heterocycles. The lowest BCUT2D eigenvalue weighted by atomic mass is 10.0. The highest BCUT2D eigenvalue weighted by Crippen LogP contribution is 2.38. The fraction of sp³-hybridized carbons (Fsp3) is 0.192. The summed E-state index contributed by atoms with van der Waals surface area (Å²) in [5, 5.41) is 2.82. The normalized spacial score (nSPS) is 14.2. The van der Waals surface area contributed by atoms with Crippen LogP contribution >= 0.6 is 0 Å². The van der Waals surface area contributed by atoms with Crippen LogP contribution in [-0.4, -0.2) is 36.9 Å². The van der Waals surface area contributed by atoms with Crippen molar-refractivity contribution in [2.75, 3.05) is 23.9 Å². The summed E-state index contributed by atoms with van der Waals surface area (Å²) in [6.45, 7) is 3.12. The fourth-order valence-corrected chi connectivity index (χ4v) is 3.60. The molecule has 0 saturated carbocycles. The van der Waals surface area contributed by atoms with Gasteiger partial charge in [-0.1, -0.05) is 18.2 Å². The number of hydrogen-bond acceptors (Lipinski definition) is 5. The molecule has 2 amide bonds. The van der Waals surface area contributed by atoms with E-state index in [0.29, 0.717) is 34.0 Å². The summed E-state index contributed by atoms with van der Waals surface area (Å²) in [5.74, 6) is 0.127. The van der Waals surface area contributed by atoms with Gasteiger partial charge in [-0.25, -0.2) is 0 Å². The van der Waals surface area contributed by atoms with Crippen LogP contribution in [0.25, 0.3) is 0 Å². The lowest BCUT2D eigenvalue weighted by molar-refractivity contribution is -0.132. The van der Waals surface area contributed by atoms with E-state index in [1.54, 1.807) is 75.6 Å². The Kier molecular flexibility index (Phi) is 5.87. The predicted molar refractivity (Wildman–Crippen MR) is 125 cm³/mol. The molecule has 7 nitrogen and oxygen atoms in total. The van der Waals surface area contributed by atoms with Gasteiger partial charge in [0.2, 0.25) is 0 Å². The Morgan fingerprint density at radius 3 is 2.30 bits per heavy atom. The van der Waals surface area contributed by atoms with Crippen LogP contribution in [0.2, 0.25) is 0 Å². The number of rotatable bonds is 6. The van der Waals surface area contributed by atoms with Crippen molar-refractivity contribution in [2.45, 2.75) is 19.4 Å². The topological polar surface area (TPSA) is 84.9 Å². The zero-order valence-electron chi connectivity index (χ0n) is 18.6. The third-order valence-electron chi connectivity index (χ3n) is 5.38. The third-order valence-corrected chi connectivity index (χ3v) is 5.38. The summed E-state index contributed by atoms with van der Waals surface area (Å²) in [6, 6.07) is 20.6. The van der Waals surface area contributed by atoms with E-state index in [0.717, 1.165) is 0 Å². The minimum Gasteiger partial charge on any atom is -0.497 e. The van der Waals surface area contributed by atoms with Crippen molar-refractivity contribution in [3.63, 3.8) is 0 Å². The highest BCUT2D eigenvalue weighted by Gasteiger charge is 2.42. The molecular formula is C26H24N2O5. The van der Waals surface area contributed by atoms with Crippen molar-refractivity contribution in [1.29, 1.82) is 0 Å². The number of nitrogens with one attached hydrogen (secondary N) is 1. The number of carbonyl (C=O) groups is 3. The van der Waals surface area contributed by atoms with E-state index in [4.69, 9.17) is 9.47 Å². The average Bonchev–Trinajstić information content (AvgIpc) is 2.82. The van der Waals surface area contributed by atoms with Gasteiger partial charge in [-0.05, 0) is 68.4 Å². The van der Waals surface area contributed by atoms with Crippen LogP contribution in [0.1, 0.15) is 34.6 Å². The van der Waals surface area contributed by atoms with Crippen molar-refractivity contribution in [1.82, 2.24) is 0 Å². The van der Waals surface area contributed by atoms with Crippen LogP contribution in [0.3, 0.4) is 0 Å². The zero-order valence-corrected chi connectivity index (χ0v) is 18.6. The Morgan fingerprint density at radius 2 is 1.64 bits per heavy atom. The van der Waals surface area contributed by atoms with E-state index in [1.807, 2.05) is 18.2 Å². The Labute approximate surface area is 191 Å². The van der Waals surface area contributed by atoms with Crippen molar-refractivity contribution in [3.05, 3.63) is 83.9 Å². The molecule has 1 heterocycles. The van der Waals surface area contributed by atoms with Crippen LogP contribution in [0.4, 0.5) is 11.4 Å². The van der Waals surface area contributed by atoms with Crippen molar-refractivity contribution >= 4 is 29.0 Å². The fourth-order valence-electron chi connectivity index (χ4n) is 3.60. The SMILES string of the molecule is COc1ccc(C(=O)CN2C(=O)C(C)(C)Oc3ccc(C(=O)Nc4ccccc4)cc32)cc1. The van der Waals surface area contributed by atoms with Gasteiger partial charge in [0.05, 0.1) is 19.3 Å². The van der Waals surface area contributed by atoms with Crippen LogP contribution in [0.5, 0.6) is 11.5 Å². The first-order valence-corrected chi connectivity index (χ1v) is 10.5. The molecular weight excluding hydrogens is 420 g/mol. The van der Waals surface area contributed by atoms with E-state index in [1.165, 1.54) is 4.90 Å². The number of nitrogens with zero attached hydrogens (tertiary/aromatic N) is 1. The molecule has 1 N–H and O–H groups in total. The molecule has 0 unspecified atom stereocenters. The van der Waals surface area contributed by atoms with Gasteiger partial charge in [0, 0.05) is 16.8 Å². The first-order valence-electron chi connectivity index (χ1n) is 10.5. The van der Waals surface area contributed by atoms with Crippen LogP contribution in [0.15, 0.2) is 72.8 Å². The van der Waals surface area contributed by atoms with Gasteiger partial charge in [0.25, 0.3) is 11.8 Å². The van der Waals surface area contributed by atoms with Gasteiger partial charge >= 0.3 is 0 Å². The molecule has 0 radical (unpaired) electrons. The number of fused-ring (bicyclic) bond motifs is 1. The molecule has 1 aliphatic rings. The molecule has 0 aliphatic carbocycles. The van der Waals surface area contributed by atoms with Gasteiger partial charge < -0.3 is 14.8 Å². The van der Waals surface area contributed by atoms with Gasteiger partial charge in [-0.15, -0.1) is 0 Å². The Morgan fingerprint density at radius 1 is 0.970 bits per heavy atom. The summed E-state index contributed by atoms with van der Waals surface area (Å²) in [5.41, 5.74) is 0.672. The maximum Gasteiger partial charge on any atom is 0.271 e. The van der Waals surface area contributed by atoms with Crippen LogP contribution < -0.4 is 19.7 Å². The maximum absolute atomic E-state index is 13.2. The molecule has 0 fully saturated rings. The van der Waals surface area contributed by atoms with Crippen LogP contribution in [-0.2, 0) is 4.79 Å². The zero-order chi connectivity index (χ0) is 23.6. The summed E-state index contributed by atoms with van der Waals surface area (Å²) in [6.07, 6.45) is 0. The molecule has 7 heteroatoms. The summed E-state index contributed by atoms with van der Waals surface area (Å²) >= 11 is 0. The number of benzene rings is 3. The second-order valence-electron chi connectivity index (χ2n) is 8.16. The number of methoxy groups -OCH3 is 1. The second-order valence-corrected chi connectivity index (χ2v) is 8.16. The van der Waals surface area contributed by atoms with Crippen molar-refractivity contribution in [2.24, 2.45) is 0 Å². The Bertz CT molecular complexity index is 1200. The number of para-hydroxylation sites is 1. The second kappa shape index (κ2) is 8.78. The van der Waals surface area contributed by atoms with E-state index in [-0.39, 0.29) is 24.1 Å². The summed E-state index contributed by atoms with van der Waals surface area (Å²) in [4.78, 5) is 40.3. The summed E-state index contributed by atoms with van der Waals surface area (Å²) < 4.78 is 11.0. The monoisotopic (exact) mass is 444 g/mol. The van der Waals surface area contributed by atoms with E-state index in [2.05, 4.69) is 5.32 Å². The molecule has 0 spiro atoms. The highest BCUT2D eigenvalue weighted by molar-refractivity contribution is 6.11. The lowest BCUT2D eigenvalue weighted by Gasteiger charge is -2.38. The van der Waals surface area contributed by atoms with Gasteiger partial charge in [-0.2, -0.15) is 0 Å². The predicted octanol–water partition coefficient (Wildman–Crippen LogP) is 4.33. The van der Waals surface area contributed by atoms with Crippen LogP contribution in [0, 0.1) is 0 Å². The van der Waals surface area contributed by atoms with Crippen molar-refractivity contribution in [3.8, 4) is 11.5 Å². The largest absolute Gasteiger partial charge is 0.497 e. The number of ether oxygens (including phenoxy) is 2. The van der Waals surface area contributed by atoms with E-state index < -0.39 is 5.60 Å². The van der Waals surface area contributed by atoms with Gasteiger partial charge in [-0.3, -0.25) is 19.3 Å². The third kappa shape index (κ3) is 4.57. The van der Waals surface area contributed by atoms with Gasteiger partial charge in [0.1, 0.15) is 11.5 Å². The number of amides is 2. The minimum absolute atomic E-state index is 0.186. The highest BCUT2D eigenvalue weighted by atomic mass is 16.5. The first kappa shape index (κ1) is 22.1. The first-order chi connectivity index (χ1) is 15.8. The number of carbonyl (C=O) groups excluding carboxylic acids is 3. The molecule has 33 heavy (non-hydrogen) atoms. The van der Waals surface area contributed by atoms with E-state index >= 15 is 0 Å². The Balaban J connectivity index is 1.64. The number of ketones is 1. The molecule has 0 atom stereocenters. The molecule has 0 aromatic heterocycles. The minimum atomic E-state index is -1.15. The maximum atomic E-state index is 13.2. The average molecular weight is 444 g/mol. The Hall–Kier alpha value is -4.13. The molecule has 4 rings (SSSR count). The molecule has 3 aromatic carbocycles. The molecule has 0 saturated heterocycles. The number of hydrogen-bond donors (Lipinski definition) is 1. The van der Waals surface area contributed by atoms with Crippen molar-refractivity contribution < 1.29 is 23.9 Å². The molecule has 0 bridgehead atoms. The van der Waals surface area contributed by atoms with E-state index in [9.17, 15) is 14.4 Å². The lowest BCUT2D eigenvalue weighted by Crippen LogP contribution is -2.53. The number of anilines is 2.